The van der Waals surface area contributed by atoms with Gasteiger partial charge in [0.1, 0.15) is 27.0 Å². The number of primary sulfonamides is 1. The molecule has 298 valence electrons. The highest BCUT2D eigenvalue weighted by Crippen LogP contribution is 2.43. The molecule has 16 nitrogen and oxygen atoms in total. The molecule has 0 bridgehead atoms. The number of nitrogens with zero attached hydrogens (tertiary/aromatic N) is 6. The predicted octanol–water partition coefficient (Wildman–Crippen LogP) is 5.01. The minimum atomic E-state index is -4.86. The second-order valence-electron chi connectivity index (χ2n) is 12.9. The largest absolute Gasteiger partial charge is 0.497 e. The summed E-state index contributed by atoms with van der Waals surface area (Å²) in [5, 5.41) is 27.3. The normalized spacial score (nSPS) is 11.9. The fourth-order valence-corrected chi connectivity index (χ4v) is 10.1. The van der Waals surface area contributed by atoms with Gasteiger partial charge in [0.2, 0.25) is 25.9 Å². The van der Waals surface area contributed by atoms with Crippen LogP contribution in [0.5, 0.6) is 17.2 Å². The minimum Gasteiger partial charge on any atom is -0.497 e. The lowest BCUT2D eigenvalue weighted by Crippen LogP contribution is -2.32. The molecule has 58 heavy (non-hydrogen) atoms. The van der Waals surface area contributed by atoms with Crippen molar-refractivity contribution in [1.29, 1.82) is 5.41 Å². The number of methoxy groups -OCH3 is 3. The molecule has 0 saturated heterocycles. The first kappa shape index (κ1) is 40.0. The van der Waals surface area contributed by atoms with Crippen LogP contribution in [-0.2, 0) is 39.7 Å². The number of thiazole rings is 1. The highest BCUT2D eigenvalue weighted by Gasteiger charge is 2.37. The number of amidine groups is 1. The lowest BCUT2D eigenvalue weighted by Gasteiger charge is -2.26. The van der Waals surface area contributed by atoms with E-state index >= 15 is 8.42 Å². The van der Waals surface area contributed by atoms with Crippen LogP contribution in [0.15, 0.2) is 113 Å². The Balaban J connectivity index is 1.49. The van der Waals surface area contributed by atoms with Gasteiger partial charge in [0.25, 0.3) is 0 Å². The van der Waals surface area contributed by atoms with Gasteiger partial charge >= 0.3 is 0 Å². The van der Waals surface area contributed by atoms with Gasteiger partial charge < -0.3 is 19.9 Å². The minimum absolute atomic E-state index is 0.133. The Bertz CT molecular complexity index is 2800. The Labute approximate surface area is 338 Å². The van der Waals surface area contributed by atoms with E-state index in [9.17, 15) is 8.42 Å². The van der Waals surface area contributed by atoms with E-state index in [0.717, 1.165) is 15.9 Å². The van der Waals surface area contributed by atoms with Crippen LogP contribution < -0.4 is 25.1 Å². The molecule has 0 aliphatic rings. The fourth-order valence-electron chi connectivity index (χ4n) is 6.30. The van der Waals surface area contributed by atoms with Crippen molar-refractivity contribution in [3.8, 4) is 39.8 Å². The van der Waals surface area contributed by atoms with E-state index in [2.05, 4.69) is 20.4 Å². The van der Waals surface area contributed by atoms with E-state index in [1.54, 1.807) is 86.0 Å². The number of nitrogens with one attached hydrogen (secondary N) is 1. The maximum Gasteiger partial charge on any atom is 0.245 e. The van der Waals surface area contributed by atoms with Crippen LogP contribution in [0.1, 0.15) is 21.7 Å². The van der Waals surface area contributed by atoms with Crippen molar-refractivity contribution in [2.75, 3.05) is 21.3 Å². The summed E-state index contributed by atoms with van der Waals surface area (Å²) in [7, 11) is -5.00. The van der Waals surface area contributed by atoms with E-state index in [-0.39, 0.29) is 47.4 Å². The molecule has 0 saturated carbocycles. The molecule has 19 heteroatoms. The summed E-state index contributed by atoms with van der Waals surface area (Å²) in [6, 6.07) is 28.7. The van der Waals surface area contributed by atoms with Crippen molar-refractivity contribution in [3.05, 3.63) is 125 Å². The van der Waals surface area contributed by atoms with E-state index in [0.29, 0.717) is 44.2 Å². The zero-order chi connectivity index (χ0) is 41.2. The van der Waals surface area contributed by atoms with Gasteiger partial charge in [-0.2, -0.15) is 9.10 Å². The zero-order valence-electron chi connectivity index (χ0n) is 31.4. The molecule has 7 rings (SSSR count). The van der Waals surface area contributed by atoms with Crippen LogP contribution in [0.4, 0.5) is 0 Å². The van der Waals surface area contributed by atoms with E-state index in [1.807, 2.05) is 12.1 Å². The second-order valence-corrected chi connectivity index (χ2v) is 17.3. The van der Waals surface area contributed by atoms with Gasteiger partial charge in [-0.3, -0.25) is 5.41 Å². The predicted molar refractivity (Wildman–Crippen MR) is 219 cm³/mol. The number of sulfonamides is 2. The number of tetrazole rings is 1. The molecular formula is C39H37N9O7S3. The van der Waals surface area contributed by atoms with Crippen molar-refractivity contribution in [1.82, 2.24) is 29.5 Å². The number of nitrogens with two attached hydrogens (primary N) is 2. The van der Waals surface area contributed by atoms with Crippen molar-refractivity contribution in [3.63, 3.8) is 0 Å². The number of nitrogen functional groups attached to an aromatic ring is 1. The lowest BCUT2D eigenvalue weighted by atomic mass is 9.98. The van der Waals surface area contributed by atoms with Crippen molar-refractivity contribution in [2.24, 2.45) is 10.9 Å². The molecule has 0 spiro atoms. The Hall–Kier alpha value is -6.25. The molecule has 2 aromatic heterocycles. The highest BCUT2D eigenvalue weighted by molar-refractivity contribution is 7.92. The number of hydrogen-bond acceptors (Lipinski definition) is 13. The number of hydrogen-bond donors (Lipinski definition) is 3. The number of aromatic nitrogens is 5. The average Bonchev–Trinajstić information content (AvgIpc) is 3.88. The highest BCUT2D eigenvalue weighted by atomic mass is 32.2. The van der Waals surface area contributed by atoms with Crippen LogP contribution in [0.3, 0.4) is 0 Å². The Kier molecular flexibility index (Phi) is 11.2. The number of para-hydroxylation sites is 1. The first-order valence-electron chi connectivity index (χ1n) is 17.4. The molecule has 5 N–H and O–H groups in total. The summed E-state index contributed by atoms with van der Waals surface area (Å²) in [6.45, 7) is -0.241. The SMILES string of the molecule is COc1ccc(CN(Cc2ccc(OC)cc2)S(=O)(=O)c2c(S(N)(=O)=O)ccc(-c3cccc4sc(C(=N)N)nc34)c2-c2nnn(Cc3ccc(OC)cc3)n2)cc1. The molecule has 0 aliphatic carbocycles. The van der Waals surface area contributed by atoms with Crippen molar-refractivity contribution in [2.45, 2.75) is 29.4 Å². The lowest BCUT2D eigenvalue weighted by molar-refractivity contribution is 0.396. The summed E-state index contributed by atoms with van der Waals surface area (Å²) in [6.07, 6.45) is 0. The monoisotopic (exact) mass is 839 g/mol. The van der Waals surface area contributed by atoms with Gasteiger partial charge in [-0.1, -0.05) is 54.6 Å². The third-order valence-corrected chi connectivity index (χ3v) is 13.2. The Morgan fingerprint density at radius 3 is 1.83 bits per heavy atom. The maximum atomic E-state index is 15.6. The van der Waals surface area contributed by atoms with Crippen LogP contribution >= 0.6 is 11.3 Å². The fraction of sp³-hybridized carbons (Fsp3) is 0.154. The molecule has 5 aromatic carbocycles. The topological polar surface area (TPSA) is 232 Å². The second kappa shape index (κ2) is 16.3. The molecule has 0 atom stereocenters. The van der Waals surface area contributed by atoms with E-state index in [4.69, 9.17) is 30.5 Å². The molecule has 0 unspecified atom stereocenters. The van der Waals surface area contributed by atoms with Gasteiger partial charge in [0, 0.05) is 18.7 Å². The van der Waals surface area contributed by atoms with Gasteiger partial charge in [-0.05, 0) is 76.0 Å². The smallest absolute Gasteiger partial charge is 0.245 e. The standard InChI is InChI=1S/C39H37N9O7S3/c1-53-27-13-7-24(8-14-27)21-47(22-25-9-15-28(54-2)16-10-25)58(51,52)36-33(57(42,49)50)20-19-30(31-5-4-6-32-35(31)43-39(56-32)37(40)41)34(36)38-44-46-48(45-38)23-26-11-17-29(55-3)18-12-26/h4-20H,21-23H2,1-3H3,(H3,40,41)(H2,42,49,50). The van der Waals surface area contributed by atoms with E-state index in [1.165, 1.54) is 36.4 Å². The van der Waals surface area contributed by atoms with E-state index < -0.39 is 29.8 Å². The molecule has 0 radical (unpaired) electrons. The summed E-state index contributed by atoms with van der Waals surface area (Å²) in [5.41, 5.74) is 8.61. The molecular weight excluding hydrogens is 803 g/mol. The first-order chi connectivity index (χ1) is 27.8. The van der Waals surface area contributed by atoms with Crippen LogP contribution in [0, 0.1) is 5.41 Å². The number of benzene rings is 5. The quantitative estimate of drug-likeness (QED) is 0.0914. The van der Waals surface area contributed by atoms with Gasteiger partial charge in [-0.15, -0.1) is 21.5 Å². The number of ether oxygens (including phenoxy) is 3. The third kappa shape index (κ3) is 8.25. The van der Waals surface area contributed by atoms with Gasteiger partial charge in [-0.25, -0.2) is 27.0 Å². The van der Waals surface area contributed by atoms with Crippen LogP contribution in [-0.4, -0.2) is 73.5 Å². The van der Waals surface area contributed by atoms with Crippen molar-refractivity contribution < 1.29 is 31.0 Å². The van der Waals surface area contributed by atoms with Crippen molar-refractivity contribution >= 4 is 47.4 Å². The first-order valence-corrected chi connectivity index (χ1v) is 21.2. The van der Waals surface area contributed by atoms with Crippen LogP contribution in [0.2, 0.25) is 0 Å². The van der Waals surface area contributed by atoms with Crippen LogP contribution in [0.25, 0.3) is 32.7 Å². The molecule has 7 aromatic rings. The summed E-state index contributed by atoms with van der Waals surface area (Å²) < 4.78 is 75.9. The molecule has 0 fully saturated rings. The van der Waals surface area contributed by atoms with Gasteiger partial charge in [0.05, 0.1) is 43.7 Å². The molecule has 0 aliphatic heterocycles. The average molecular weight is 840 g/mol. The number of fused-ring (bicyclic) bond motifs is 1. The Morgan fingerprint density at radius 2 is 1.31 bits per heavy atom. The molecule has 0 amide bonds. The zero-order valence-corrected chi connectivity index (χ0v) is 33.8. The molecule has 2 heterocycles. The maximum absolute atomic E-state index is 15.6. The summed E-state index contributed by atoms with van der Waals surface area (Å²) in [5.74, 6) is 1.32. The summed E-state index contributed by atoms with van der Waals surface area (Å²) >= 11 is 1.18. The summed E-state index contributed by atoms with van der Waals surface area (Å²) in [4.78, 5) is 4.55. The number of rotatable bonds is 15. The third-order valence-electron chi connectivity index (χ3n) is 9.16. The Morgan fingerprint density at radius 1 is 0.759 bits per heavy atom. The van der Waals surface area contributed by atoms with Gasteiger partial charge in [0.15, 0.2) is 10.8 Å².